The Morgan fingerprint density at radius 1 is 1.18 bits per heavy atom. The van der Waals surface area contributed by atoms with Crippen LogP contribution >= 0.6 is 24.0 Å². The van der Waals surface area contributed by atoms with Gasteiger partial charge in [-0.3, -0.25) is 4.99 Å². The van der Waals surface area contributed by atoms with Gasteiger partial charge in [0.1, 0.15) is 5.75 Å². The van der Waals surface area contributed by atoms with E-state index in [0.29, 0.717) is 5.92 Å². The molecule has 1 aliphatic rings. The average Bonchev–Trinajstić information content (AvgIpc) is 3.18. The van der Waals surface area contributed by atoms with Crippen LogP contribution < -0.4 is 10.1 Å². The maximum atomic E-state index is 5.99. The van der Waals surface area contributed by atoms with Crippen molar-refractivity contribution in [3.8, 4) is 5.75 Å². The van der Waals surface area contributed by atoms with Crippen molar-refractivity contribution >= 4 is 29.9 Å². The number of hydrogen-bond acceptors (Lipinski definition) is 3. The molecule has 0 amide bonds. The lowest BCUT2D eigenvalue weighted by Crippen LogP contribution is -2.41. The van der Waals surface area contributed by atoms with Crippen molar-refractivity contribution in [2.24, 2.45) is 10.9 Å². The SMILES string of the molecule is CN=C(NCC1CCOC1c1ccccc1)N(C)Cc1ccc(OC)cc1.I. The van der Waals surface area contributed by atoms with Gasteiger partial charge >= 0.3 is 0 Å². The standard InChI is InChI=1S/C22H29N3O2.HI/c1-23-22(25(2)16-17-9-11-20(26-3)12-10-17)24-15-19-13-14-27-21(19)18-7-5-4-6-8-18;/h4-12,19,21H,13-16H2,1-3H3,(H,23,24);1H. The van der Waals surface area contributed by atoms with E-state index in [1.54, 1.807) is 7.11 Å². The maximum Gasteiger partial charge on any atom is 0.193 e. The summed E-state index contributed by atoms with van der Waals surface area (Å²) in [5.74, 6) is 2.21. The van der Waals surface area contributed by atoms with E-state index in [2.05, 4.69) is 58.7 Å². The van der Waals surface area contributed by atoms with Gasteiger partial charge in [-0.1, -0.05) is 42.5 Å². The first kappa shape index (κ1) is 22.5. The highest BCUT2D eigenvalue weighted by molar-refractivity contribution is 14.0. The first-order valence-corrected chi connectivity index (χ1v) is 9.42. The van der Waals surface area contributed by atoms with Crippen LogP contribution in [0.2, 0.25) is 0 Å². The molecule has 0 radical (unpaired) electrons. The van der Waals surface area contributed by atoms with Crippen LogP contribution in [0.5, 0.6) is 5.75 Å². The summed E-state index contributed by atoms with van der Waals surface area (Å²) in [6.45, 7) is 2.44. The Kier molecular flexibility index (Phi) is 9.05. The Hall–Kier alpha value is -1.80. The molecule has 6 heteroatoms. The summed E-state index contributed by atoms with van der Waals surface area (Å²) in [6.07, 6.45) is 1.22. The summed E-state index contributed by atoms with van der Waals surface area (Å²) >= 11 is 0. The minimum Gasteiger partial charge on any atom is -0.497 e. The van der Waals surface area contributed by atoms with Crippen molar-refractivity contribution in [1.29, 1.82) is 0 Å². The molecule has 0 aliphatic carbocycles. The Morgan fingerprint density at radius 3 is 2.54 bits per heavy atom. The number of nitrogens with one attached hydrogen (secondary N) is 1. The van der Waals surface area contributed by atoms with Crippen LogP contribution in [0.1, 0.15) is 23.7 Å². The lowest BCUT2D eigenvalue weighted by molar-refractivity contribution is 0.0914. The molecule has 0 saturated carbocycles. The van der Waals surface area contributed by atoms with Gasteiger partial charge in [0.2, 0.25) is 0 Å². The molecular formula is C22H30IN3O2. The van der Waals surface area contributed by atoms with Crippen molar-refractivity contribution < 1.29 is 9.47 Å². The van der Waals surface area contributed by atoms with Gasteiger partial charge in [0, 0.05) is 39.7 Å². The molecular weight excluding hydrogens is 465 g/mol. The second-order valence-electron chi connectivity index (χ2n) is 6.88. The van der Waals surface area contributed by atoms with Crippen molar-refractivity contribution in [2.45, 2.75) is 19.1 Å². The van der Waals surface area contributed by atoms with E-state index in [0.717, 1.165) is 37.8 Å². The fourth-order valence-corrected chi connectivity index (χ4v) is 3.54. The number of halogens is 1. The topological polar surface area (TPSA) is 46.1 Å². The number of guanidine groups is 1. The third-order valence-electron chi connectivity index (χ3n) is 5.02. The van der Waals surface area contributed by atoms with Crippen molar-refractivity contribution in [3.05, 3.63) is 65.7 Å². The molecule has 1 heterocycles. The van der Waals surface area contributed by atoms with Crippen molar-refractivity contribution in [2.75, 3.05) is 34.4 Å². The fraction of sp³-hybridized carbons (Fsp3) is 0.409. The van der Waals surface area contributed by atoms with Crippen LogP contribution in [0.3, 0.4) is 0 Å². The molecule has 3 rings (SSSR count). The van der Waals surface area contributed by atoms with Crippen LogP contribution in [-0.2, 0) is 11.3 Å². The number of rotatable bonds is 6. The minimum atomic E-state index is 0. The van der Waals surface area contributed by atoms with Gasteiger partial charge in [-0.25, -0.2) is 0 Å². The van der Waals surface area contributed by atoms with Crippen LogP contribution in [0.15, 0.2) is 59.6 Å². The molecule has 1 fully saturated rings. The highest BCUT2D eigenvalue weighted by Crippen LogP contribution is 2.33. The van der Waals surface area contributed by atoms with Crippen molar-refractivity contribution in [1.82, 2.24) is 10.2 Å². The molecule has 2 unspecified atom stereocenters. The molecule has 1 N–H and O–H groups in total. The van der Waals surface area contributed by atoms with E-state index in [9.17, 15) is 0 Å². The lowest BCUT2D eigenvalue weighted by Gasteiger charge is -2.25. The van der Waals surface area contributed by atoms with Gasteiger partial charge in [0.05, 0.1) is 13.2 Å². The monoisotopic (exact) mass is 495 g/mol. The van der Waals surface area contributed by atoms with Crippen LogP contribution in [0, 0.1) is 5.92 Å². The molecule has 2 aromatic rings. The number of ether oxygens (including phenoxy) is 2. The molecule has 2 atom stereocenters. The zero-order valence-corrected chi connectivity index (χ0v) is 19.1. The first-order valence-electron chi connectivity index (χ1n) is 9.42. The molecule has 1 aliphatic heterocycles. The van der Waals surface area contributed by atoms with Gasteiger partial charge in [-0.15, -0.1) is 24.0 Å². The van der Waals surface area contributed by atoms with Gasteiger partial charge in [-0.2, -0.15) is 0 Å². The predicted octanol–water partition coefficient (Wildman–Crippen LogP) is 4.10. The Balaban J connectivity index is 0.00000280. The number of methoxy groups -OCH3 is 1. The molecule has 1 saturated heterocycles. The van der Waals surface area contributed by atoms with Crippen LogP contribution in [-0.4, -0.2) is 45.2 Å². The van der Waals surface area contributed by atoms with E-state index in [-0.39, 0.29) is 30.1 Å². The molecule has 0 aromatic heterocycles. The van der Waals surface area contributed by atoms with Crippen LogP contribution in [0.4, 0.5) is 0 Å². The zero-order chi connectivity index (χ0) is 19.1. The van der Waals surface area contributed by atoms with Gasteiger partial charge in [0.25, 0.3) is 0 Å². The number of nitrogens with zero attached hydrogens (tertiary/aromatic N) is 2. The van der Waals surface area contributed by atoms with Gasteiger partial charge < -0.3 is 19.7 Å². The first-order chi connectivity index (χ1) is 13.2. The van der Waals surface area contributed by atoms with E-state index in [1.807, 2.05) is 25.2 Å². The van der Waals surface area contributed by atoms with E-state index >= 15 is 0 Å². The number of benzene rings is 2. The Morgan fingerprint density at radius 2 is 1.89 bits per heavy atom. The van der Waals surface area contributed by atoms with Gasteiger partial charge in [0.15, 0.2) is 5.96 Å². The number of aliphatic imine (C=N–C) groups is 1. The van der Waals surface area contributed by atoms with E-state index in [4.69, 9.17) is 9.47 Å². The zero-order valence-electron chi connectivity index (χ0n) is 16.8. The molecule has 0 spiro atoms. The summed E-state index contributed by atoms with van der Waals surface area (Å²) in [5.41, 5.74) is 2.47. The fourth-order valence-electron chi connectivity index (χ4n) is 3.54. The highest BCUT2D eigenvalue weighted by Gasteiger charge is 2.29. The second-order valence-corrected chi connectivity index (χ2v) is 6.88. The van der Waals surface area contributed by atoms with Crippen molar-refractivity contribution in [3.63, 3.8) is 0 Å². The quantitative estimate of drug-likeness (QED) is 0.373. The summed E-state index contributed by atoms with van der Waals surface area (Å²) in [5, 5.41) is 3.52. The molecule has 0 bridgehead atoms. The average molecular weight is 495 g/mol. The summed E-state index contributed by atoms with van der Waals surface area (Å²) in [6, 6.07) is 18.6. The molecule has 28 heavy (non-hydrogen) atoms. The summed E-state index contributed by atoms with van der Waals surface area (Å²) in [7, 11) is 5.56. The summed E-state index contributed by atoms with van der Waals surface area (Å²) in [4.78, 5) is 6.58. The summed E-state index contributed by atoms with van der Waals surface area (Å²) < 4.78 is 11.2. The normalized spacial score (nSPS) is 19.0. The largest absolute Gasteiger partial charge is 0.497 e. The minimum absolute atomic E-state index is 0. The third kappa shape index (κ3) is 5.85. The van der Waals surface area contributed by atoms with Gasteiger partial charge in [-0.05, 0) is 29.7 Å². The molecule has 5 nitrogen and oxygen atoms in total. The molecule has 2 aromatic carbocycles. The second kappa shape index (κ2) is 11.3. The Labute approximate surface area is 185 Å². The van der Waals surface area contributed by atoms with Crippen LogP contribution in [0.25, 0.3) is 0 Å². The Bertz CT molecular complexity index is 737. The third-order valence-corrected chi connectivity index (χ3v) is 5.02. The van der Waals surface area contributed by atoms with E-state index < -0.39 is 0 Å². The van der Waals surface area contributed by atoms with E-state index in [1.165, 1.54) is 11.1 Å². The highest BCUT2D eigenvalue weighted by atomic mass is 127. The molecule has 152 valence electrons. The maximum absolute atomic E-state index is 5.99. The lowest BCUT2D eigenvalue weighted by atomic mass is 9.95. The number of hydrogen-bond donors (Lipinski definition) is 1. The predicted molar refractivity (Wildman–Crippen MR) is 124 cm³/mol. The smallest absolute Gasteiger partial charge is 0.193 e.